The first-order valence-electron chi connectivity index (χ1n) is 6.85. The van der Waals surface area contributed by atoms with Crippen molar-refractivity contribution in [2.24, 2.45) is 0 Å². The Kier molecular flexibility index (Phi) is 5.06. The third-order valence-electron chi connectivity index (χ3n) is 3.43. The Morgan fingerprint density at radius 3 is 2.67 bits per heavy atom. The van der Waals surface area contributed by atoms with Gasteiger partial charge in [0.05, 0.1) is 5.56 Å². The van der Waals surface area contributed by atoms with Crippen molar-refractivity contribution >= 4 is 5.97 Å². The summed E-state index contributed by atoms with van der Waals surface area (Å²) in [6.45, 7) is 3.38. The first-order valence-corrected chi connectivity index (χ1v) is 6.85. The van der Waals surface area contributed by atoms with Crippen LogP contribution in [0.1, 0.15) is 27.0 Å². The maximum absolute atomic E-state index is 13.5. The smallest absolute Gasteiger partial charge is 0.338 e. The number of nitrogens with one attached hydrogen (secondary N) is 1. The standard InChI is InChI=1S/C17H18FNO2/c1-12-4-2-3-5-14(12)8-9-19-11-13-6-7-15(17(20)21)16(18)10-13/h2-7,10,19H,8-9,11H2,1H3,(H,20,21). The fourth-order valence-corrected chi connectivity index (χ4v) is 2.19. The summed E-state index contributed by atoms with van der Waals surface area (Å²) in [6.07, 6.45) is 0.905. The van der Waals surface area contributed by atoms with E-state index in [9.17, 15) is 9.18 Å². The minimum atomic E-state index is -1.24. The Morgan fingerprint density at radius 2 is 2.00 bits per heavy atom. The molecule has 21 heavy (non-hydrogen) atoms. The van der Waals surface area contributed by atoms with E-state index in [4.69, 9.17) is 5.11 Å². The van der Waals surface area contributed by atoms with Crippen molar-refractivity contribution < 1.29 is 14.3 Å². The van der Waals surface area contributed by atoms with Gasteiger partial charge in [-0.25, -0.2) is 9.18 Å². The molecule has 2 rings (SSSR count). The fourth-order valence-electron chi connectivity index (χ4n) is 2.19. The zero-order valence-electron chi connectivity index (χ0n) is 11.9. The number of carbonyl (C=O) groups is 1. The summed E-state index contributed by atoms with van der Waals surface area (Å²) in [5.74, 6) is -1.94. The second kappa shape index (κ2) is 6.99. The van der Waals surface area contributed by atoms with Crippen LogP contribution in [0.3, 0.4) is 0 Å². The summed E-state index contributed by atoms with van der Waals surface area (Å²) in [5.41, 5.74) is 2.99. The van der Waals surface area contributed by atoms with Crippen LogP contribution in [0.25, 0.3) is 0 Å². The van der Waals surface area contributed by atoms with Gasteiger partial charge < -0.3 is 10.4 Å². The normalized spacial score (nSPS) is 10.6. The molecule has 0 unspecified atom stereocenters. The Labute approximate surface area is 123 Å². The molecule has 0 spiro atoms. The summed E-state index contributed by atoms with van der Waals surface area (Å²) >= 11 is 0. The molecular formula is C17H18FNO2. The van der Waals surface area contributed by atoms with Crippen LogP contribution in [0.15, 0.2) is 42.5 Å². The summed E-state index contributed by atoms with van der Waals surface area (Å²) in [4.78, 5) is 10.7. The van der Waals surface area contributed by atoms with Crippen LogP contribution in [0.2, 0.25) is 0 Å². The van der Waals surface area contributed by atoms with Gasteiger partial charge in [-0.15, -0.1) is 0 Å². The van der Waals surface area contributed by atoms with Crippen LogP contribution in [0.4, 0.5) is 4.39 Å². The number of carboxylic acid groups (broad SMARTS) is 1. The lowest BCUT2D eigenvalue weighted by Gasteiger charge is -2.08. The molecule has 0 aliphatic heterocycles. The van der Waals surface area contributed by atoms with E-state index in [1.165, 1.54) is 23.3 Å². The second-order valence-electron chi connectivity index (χ2n) is 4.97. The first-order chi connectivity index (χ1) is 10.1. The third kappa shape index (κ3) is 4.13. The van der Waals surface area contributed by atoms with E-state index in [1.54, 1.807) is 6.07 Å². The molecule has 0 heterocycles. The molecule has 110 valence electrons. The van der Waals surface area contributed by atoms with Crippen LogP contribution in [0.5, 0.6) is 0 Å². The highest BCUT2D eigenvalue weighted by Crippen LogP contribution is 2.11. The van der Waals surface area contributed by atoms with Crippen molar-refractivity contribution in [2.75, 3.05) is 6.54 Å². The Bertz CT molecular complexity index is 640. The van der Waals surface area contributed by atoms with Crippen molar-refractivity contribution in [3.8, 4) is 0 Å². The maximum atomic E-state index is 13.5. The molecule has 0 atom stereocenters. The highest BCUT2D eigenvalue weighted by atomic mass is 19.1. The van der Waals surface area contributed by atoms with Gasteiger partial charge in [0.2, 0.25) is 0 Å². The first kappa shape index (κ1) is 15.2. The number of aromatic carboxylic acids is 1. The van der Waals surface area contributed by atoms with E-state index in [0.29, 0.717) is 6.54 Å². The van der Waals surface area contributed by atoms with E-state index in [1.807, 2.05) is 12.1 Å². The zero-order valence-corrected chi connectivity index (χ0v) is 11.9. The highest BCUT2D eigenvalue weighted by Gasteiger charge is 2.09. The topological polar surface area (TPSA) is 49.3 Å². The SMILES string of the molecule is Cc1ccccc1CCNCc1ccc(C(=O)O)c(F)c1. The van der Waals surface area contributed by atoms with Gasteiger partial charge >= 0.3 is 5.97 Å². The molecule has 0 aromatic heterocycles. The van der Waals surface area contributed by atoms with Crippen molar-refractivity contribution in [3.05, 3.63) is 70.5 Å². The van der Waals surface area contributed by atoms with Gasteiger partial charge in [-0.2, -0.15) is 0 Å². The lowest BCUT2D eigenvalue weighted by Crippen LogP contribution is -2.17. The average molecular weight is 287 g/mol. The summed E-state index contributed by atoms with van der Waals surface area (Å²) in [5, 5.41) is 12.0. The van der Waals surface area contributed by atoms with Crippen molar-refractivity contribution in [3.63, 3.8) is 0 Å². The second-order valence-corrected chi connectivity index (χ2v) is 4.97. The molecular weight excluding hydrogens is 269 g/mol. The predicted octanol–water partition coefficient (Wildman–Crippen LogP) is 3.16. The maximum Gasteiger partial charge on any atom is 0.338 e. The molecule has 0 radical (unpaired) electrons. The molecule has 0 saturated carbocycles. The van der Waals surface area contributed by atoms with Gasteiger partial charge in [-0.3, -0.25) is 0 Å². The van der Waals surface area contributed by atoms with Gasteiger partial charge in [0, 0.05) is 6.54 Å². The Morgan fingerprint density at radius 1 is 1.24 bits per heavy atom. The van der Waals surface area contributed by atoms with Crippen LogP contribution < -0.4 is 5.32 Å². The number of carboxylic acids is 1. The van der Waals surface area contributed by atoms with Gasteiger partial charge in [0.25, 0.3) is 0 Å². The van der Waals surface area contributed by atoms with E-state index in [-0.39, 0.29) is 5.56 Å². The van der Waals surface area contributed by atoms with Crippen molar-refractivity contribution in [1.29, 1.82) is 0 Å². The minimum absolute atomic E-state index is 0.293. The minimum Gasteiger partial charge on any atom is -0.478 e. The predicted molar refractivity (Wildman–Crippen MR) is 79.9 cm³/mol. The van der Waals surface area contributed by atoms with E-state index >= 15 is 0 Å². The average Bonchev–Trinajstić information content (AvgIpc) is 2.45. The Balaban J connectivity index is 1.85. The molecule has 2 N–H and O–H groups in total. The number of hydrogen-bond acceptors (Lipinski definition) is 2. The molecule has 0 fully saturated rings. The molecule has 0 bridgehead atoms. The lowest BCUT2D eigenvalue weighted by molar-refractivity contribution is 0.0692. The van der Waals surface area contributed by atoms with Gasteiger partial charge in [-0.1, -0.05) is 30.3 Å². The van der Waals surface area contributed by atoms with E-state index in [2.05, 4.69) is 24.4 Å². The van der Waals surface area contributed by atoms with Gasteiger partial charge in [-0.05, 0) is 48.7 Å². The van der Waals surface area contributed by atoms with Gasteiger partial charge in [0.1, 0.15) is 5.82 Å². The summed E-state index contributed by atoms with van der Waals surface area (Å²) in [6, 6.07) is 12.4. The molecule has 2 aromatic rings. The number of hydrogen-bond donors (Lipinski definition) is 2. The molecule has 4 heteroatoms. The van der Waals surface area contributed by atoms with E-state index < -0.39 is 11.8 Å². The monoisotopic (exact) mass is 287 g/mol. The van der Waals surface area contributed by atoms with Crippen molar-refractivity contribution in [1.82, 2.24) is 5.32 Å². The number of aryl methyl sites for hydroxylation is 1. The molecule has 3 nitrogen and oxygen atoms in total. The Hall–Kier alpha value is -2.20. The number of halogens is 1. The number of benzene rings is 2. The van der Waals surface area contributed by atoms with Crippen LogP contribution in [-0.2, 0) is 13.0 Å². The van der Waals surface area contributed by atoms with Crippen LogP contribution in [0, 0.1) is 12.7 Å². The third-order valence-corrected chi connectivity index (χ3v) is 3.43. The largest absolute Gasteiger partial charge is 0.478 e. The van der Waals surface area contributed by atoms with Crippen LogP contribution >= 0.6 is 0 Å². The summed E-state index contributed by atoms with van der Waals surface area (Å²) in [7, 11) is 0. The lowest BCUT2D eigenvalue weighted by atomic mass is 10.1. The highest BCUT2D eigenvalue weighted by molar-refractivity contribution is 5.87. The van der Waals surface area contributed by atoms with E-state index in [0.717, 1.165) is 18.5 Å². The molecule has 2 aromatic carbocycles. The molecule has 0 saturated heterocycles. The molecule has 0 amide bonds. The van der Waals surface area contributed by atoms with Crippen LogP contribution in [-0.4, -0.2) is 17.6 Å². The summed E-state index contributed by atoms with van der Waals surface area (Å²) < 4.78 is 13.5. The van der Waals surface area contributed by atoms with Crippen molar-refractivity contribution in [2.45, 2.75) is 19.9 Å². The number of rotatable bonds is 6. The quantitative estimate of drug-likeness (QED) is 0.802. The fraction of sp³-hybridized carbons (Fsp3) is 0.235. The zero-order chi connectivity index (χ0) is 15.2. The molecule has 0 aliphatic carbocycles. The van der Waals surface area contributed by atoms with Gasteiger partial charge in [0.15, 0.2) is 0 Å². The molecule has 0 aliphatic rings.